The van der Waals surface area contributed by atoms with Crippen molar-refractivity contribution < 1.29 is 21.6 Å². The maximum absolute atomic E-state index is 13.1. The summed E-state index contributed by atoms with van der Waals surface area (Å²) in [5.41, 5.74) is 2.38. The fraction of sp³-hybridized carbons (Fsp3) is 0.391. The van der Waals surface area contributed by atoms with Gasteiger partial charge in [-0.2, -0.15) is 13.2 Å². The lowest BCUT2D eigenvalue weighted by Crippen LogP contribution is -2.07. The lowest BCUT2D eigenvalue weighted by atomic mass is 9.88. The van der Waals surface area contributed by atoms with Gasteiger partial charge in [0.1, 0.15) is 0 Å². The summed E-state index contributed by atoms with van der Waals surface area (Å²) in [4.78, 5) is -0.0730. The molecule has 0 bridgehead atoms. The molecule has 0 N–H and O–H groups in total. The minimum atomic E-state index is -4.51. The minimum Gasteiger partial charge on any atom is -0.348 e. The van der Waals surface area contributed by atoms with Crippen molar-refractivity contribution in [1.29, 1.82) is 0 Å². The molecule has 7 heteroatoms. The SMILES string of the molecule is Cc1c(CCC(C)(C)C)c2cc(S(=O)(=O)c3ccc(C(F)(F)F)cc3)ccc2n1C. The van der Waals surface area contributed by atoms with E-state index in [0.29, 0.717) is 0 Å². The number of sulfone groups is 1. The van der Waals surface area contributed by atoms with Crippen molar-refractivity contribution in [3.63, 3.8) is 0 Å². The van der Waals surface area contributed by atoms with Crippen LogP contribution in [-0.2, 0) is 29.5 Å². The Hall–Kier alpha value is -2.28. The molecule has 0 spiro atoms. The van der Waals surface area contributed by atoms with Crippen molar-refractivity contribution in [3.8, 4) is 0 Å². The Morgan fingerprint density at radius 1 is 0.933 bits per heavy atom. The molecule has 0 amide bonds. The van der Waals surface area contributed by atoms with Crippen LogP contribution in [0.25, 0.3) is 10.9 Å². The van der Waals surface area contributed by atoms with Crippen LogP contribution < -0.4 is 0 Å². The Morgan fingerprint density at radius 3 is 2.03 bits per heavy atom. The lowest BCUT2D eigenvalue weighted by molar-refractivity contribution is -0.137. The summed E-state index contributed by atoms with van der Waals surface area (Å²) in [6.45, 7) is 8.50. The minimum absolute atomic E-state index is 0.0809. The smallest absolute Gasteiger partial charge is 0.348 e. The highest BCUT2D eigenvalue weighted by molar-refractivity contribution is 7.91. The summed E-state index contributed by atoms with van der Waals surface area (Å²) in [5.74, 6) is 0. The molecule has 0 radical (unpaired) electrons. The molecule has 3 nitrogen and oxygen atoms in total. The van der Waals surface area contributed by atoms with E-state index in [2.05, 4.69) is 20.8 Å². The second-order valence-corrected chi connectivity index (χ2v) is 10.8. The maximum atomic E-state index is 13.1. The van der Waals surface area contributed by atoms with Crippen molar-refractivity contribution in [2.24, 2.45) is 12.5 Å². The molecule has 3 rings (SSSR count). The van der Waals surface area contributed by atoms with Gasteiger partial charge in [0.15, 0.2) is 0 Å². The number of halogens is 3. The van der Waals surface area contributed by atoms with Gasteiger partial charge < -0.3 is 4.57 Å². The Morgan fingerprint density at radius 2 is 1.50 bits per heavy atom. The van der Waals surface area contributed by atoms with E-state index in [0.717, 1.165) is 59.3 Å². The average molecular weight is 438 g/mol. The summed E-state index contributed by atoms with van der Waals surface area (Å²) in [6, 6.07) is 8.55. The number of aromatic nitrogens is 1. The van der Waals surface area contributed by atoms with Crippen LogP contribution >= 0.6 is 0 Å². The van der Waals surface area contributed by atoms with Gasteiger partial charge >= 0.3 is 6.18 Å². The highest BCUT2D eigenvalue weighted by Gasteiger charge is 2.31. The van der Waals surface area contributed by atoms with Gasteiger partial charge in [-0.3, -0.25) is 0 Å². The fourth-order valence-electron chi connectivity index (χ4n) is 3.57. The molecule has 1 heterocycles. The molecule has 0 aliphatic heterocycles. The first-order valence-corrected chi connectivity index (χ1v) is 11.2. The summed E-state index contributed by atoms with van der Waals surface area (Å²) < 4.78 is 66.6. The molecule has 0 unspecified atom stereocenters. The predicted octanol–water partition coefficient (Wildman–Crippen LogP) is 6.32. The topological polar surface area (TPSA) is 39.1 Å². The van der Waals surface area contributed by atoms with Gasteiger partial charge in [-0.05, 0) is 73.2 Å². The zero-order valence-electron chi connectivity index (χ0n) is 17.8. The van der Waals surface area contributed by atoms with Crippen LogP contribution in [0, 0.1) is 12.3 Å². The van der Waals surface area contributed by atoms with Crippen LogP contribution in [0.5, 0.6) is 0 Å². The van der Waals surface area contributed by atoms with E-state index in [1.165, 1.54) is 6.07 Å². The first-order chi connectivity index (χ1) is 13.7. The van der Waals surface area contributed by atoms with Gasteiger partial charge in [-0.1, -0.05) is 20.8 Å². The number of alkyl halides is 3. The molecule has 162 valence electrons. The Balaban J connectivity index is 2.07. The second-order valence-electron chi connectivity index (χ2n) is 8.89. The molecule has 0 fully saturated rings. The molecular weight excluding hydrogens is 411 g/mol. The van der Waals surface area contributed by atoms with Crippen molar-refractivity contribution in [2.45, 2.75) is 56.5 Å². The summed E-state index contributed by atoms with van der Waals surface area (Å²) in [7, 11) is -1.99. The zero-order chi connectivity index (χ0) is 22.5. The third-order valence-electron chi connectivity index (χ3n) is 5.52. The largest absolute Gasteiger partial charge is 0.416 e. The van der Waals surface area contributed by atoms with E-state index in [-0.39, 0.29) is 15.2 Å². The Bertz CT molecular complexity index is 1180. The highest BCUT2D eigenvalue weighted by atomic mass is 32.2. The standard InChI is InChI=1S/C23H26F3NO2S/c1-15-19(12-13-22(2,3)4)20-14-18(10-11-21(20)27(15)5)30(28,29)17-8-6-16(7-9-17)23(24,25)26/h6-11,14H,12-13H2,1-5H3. The number of nitrogens with zero attached hydrogens (tertiary/aromatic N) is 1. The molecule has 0 aliphatic rings. The van der Waals surface area contributed by atoms with Crippen molar-refractivity contribution >= 4 is 20.7 Å². The number of rotatable bonds is 4. The third kappa shape index (κ3) is 4.26. The number of aryl methyl sites for hydroxylation is 2. The molecule has 0 atom stereocenters. The van der Waals surface area contributed by atoms with Crippen LogP contribution in [0.1, 0.15) is 44.0 Å². The van der Waals surface area contributed by atoms with Gasteiger partial charge in [0.2, 0.25) is 9.84 Å². The van der Waals surface area contributed by atoms with Crippen LogP contribution in [-0.4, -0.2) is 13.0 Å². The van der Waals surface area contributed by atoms with Gasteiger partial charge in [-0.25, -0.2) is 8.42 Å². The summed E-state index contributed by atoms with van der Waals surface area (Å²) >= 11 is 0. The van der Waals surface area contributed by atoms with E-state index in [1.807, 2.05) is 18.5 Å². The predicted molar refractivity (Wildman–Crippen MR) is 112 cm³/mol. The average Bonchev–Trinajstić information content (AvgIpc) is 2.89. The Kier molecular flexibility index (Phi) is 5.56. The highest BCUT2D eigenvalue weighted by Crippen LogP contribution is 2.34. The lowest BCUT2D eigenvalue weighted by Gasteiger charge is -2.18. The maximum Gasteiger partial charge on any atom is 0.416 e. The molecule has 0 saturated heterocycles. The normalized spacial score (nSPS) is 13.2. The first-order valence-electron chi connectivity index (χ1n) is 9.72. The van der Waals surface area contributed by atoms with Crippen molar-refractivity contribution in [3.05, 3.63) is 59.3 Å². The molecule has 0 saturated carbocycles. The van der Waals surface area contributed by atoms with Crippen LogP contribution in [0.4, 0.5) is 13.2 Å². The van der Waals surface area contributed by atoms with E-state index in [1.54, 1.807) is 12.1 Å². The summed E-state index contributed by atoms with van der Waals surface area (Å²) in [6.07, 6.45) is -2.75. The van der Waals surface area contributed by atoms with Crippen LogP contribution in [0.2, 0.25) is 0 Å². The summed E-state index contributed by atoms with van der Waals surface area (Å²) in [5, 5.41) is 0.868. The number of fused-ring (bicyclic) bond motifs is 1. The molecule has 30 heavy (non-hydrogen) atoms. The van der Waals surface area contributed by atoms with Crippen molar-refractivity contribution in [1.82, 2.24) is 4.57 Å². The second kappa shape index (κ2) is 7.45. The molecular formula is C23H26F3NO2S. The Labute approximate surface area is 175 Å². The molecule has 1 aromatic heterocycles. The zero-order valence-corrected chi connectivity index (χ0v) is 18.6. The van der Waals surface area contributed by atoms with E-state index >= 15 is 0 Å². The van der Waals surface area contributed by atoms with Gasteiger partial charge in [0.05, 0.1) is 15.4 Å². The van der Waals surface area contributed by atoms with Crippen LogP contribution in [0.3, 0.4) is 0 Å². The molecule has 0 aliphatic carbocycles. The third-order valence-corrected chi connectivity index (χ3v) is 7.29. The van der Waals surface area contributed by atoms with E-state index < -0.39 is 21.6 Å². The van der Waals surface area contributed by atoms with Gasteiger partial charge in [0, 0.05) is 23.6 Å². The number of benzene rings is 2. The quantitative estimate of drug-likeness (QED) is 0.479. The van der Waals surface area contributed by atoms with Gasteiger partial charge in [0.25, 0.3) is 0 Å². The first kappa shape index (κ1) is 22.4. The fourth-order valence-corrected chi connectivity index (χ4v) is 4.86. The molecule has 2 aromatic carbocycles. The monoisotopic (exact) mass is 437 g/mol. The van der Waals surface area contributed by atoms with Crippen molar-refractivity contribution in [2.75, 3.05) is 0 Å². The number of hydrogen-bond donors (Lipinski definition) is 0. The number of hydrogen-bond acceptors (Lipinski definition) is 2. The van der Waals surface area contributed by atoms with Gasteiger partial charge in [-0.15, -0.1) is 0 Å². The van der Waals surface area contributed by atoms with Crippen LogP contribution in [0.15, 0.2) is 52.3 Å². The van der Waals surface area contributed by atoms with E-state index in [9.17, 15) is 21.6 Å². The molecule has 3 aromatic rings. The van der Waals surface area contributed by atoms with E-state index in [4.69, 9.17) is 0 Å².